The van der Waals surface area contributed by atoms with E-state index in [1.165, 1.54) is 11.7 Å². The first-order chi connectivity index (χ1) is 13.0. The van der Waals surface area contributed by atoms with Gasteiger partial charge in [-0.3, -0.25) is 14.2 Å². The lowest BCUT2D eigenvalue weighted by molar-refractivity contribution is 0.112. The first-order valence-electron chi connectivity index (χ1n) is 7.96. The van der Waals surface area contributed by atoms with Crippen molar-refractivity contribution in [2.45, 2.75) is 0 Å². The van der Waals surface area contributed by atoms with E-state index in [9.17, 15) is 14.4 Å². The average molecular weight is 363 g/mol. The molecule has 3 heterocycles. The highest BCUT2D eigenvalue weighted by Gasteiger charge is 2.20. The van der Waals surface area contributed by atoms with Crippen LogP contribution in [0.3, 0.4) is 0 Å². The van der Waals surface area contributed by atoms with Crippen LogP contribution in [0, 0.1) is 0 Å². The highest BCUT2D eigenvalue weighted by molar-refractivity contribution is 5.76. The summed E-state index contributed by atoms with van der Waals surface area (Å²) in [5, 5.41) is 4.23. The molecule has 0 atom stereocenters. The third kappa shape index (κ3) is 2.74. The molecule has 0 spiro atoms. The minimum atomic E-state index is -0.668. The van der Waals surface area contributed by atoms with Crippen molar-refractivity contribution in [1.82, 2.24) is 24.3 Å². The van der Waals surface area contributed by atoms with Gasteiger partial charge in [0.1, 0.15) is 12.0 Å². The normalized spacial score (nSPS) is 11.0. The van der Waals surface area contributed by atoms with Crippen LogP contribution in [0.5, 0.6) is 0 Å². The second-order valence-corrected chi connectivity index (χ2v) is 5.89. The number of fused-ring (bicyclic) bond motifs is 1. The lowest BCUT2D eigenvalue weighted by atomic mass is 10.1. The Morgan fingerprint density at radius 2 is 1.67 bits per heavy atom. The van der Waals surface area contributed by atoms with Crippen LogP contribution >= 0.6 is 0 Å². The summed E-state index contributed by atoms with van der Waals surface area (Å²) in [6, 6.07) is 10.3. The lowest BCUT2D eigenvalue weighted by Crippen LogP contribution is -2.36. The van der Waals surface area contributed by atoms with E-state index in [4.69, 9.17) is 4.42 Å². The van der Waals surface area contributed by atoms with Crippen LogP contribution in [-0.2, 0) is 14.1 Å². The smallest absolute Gasteiger partial charge is 0.352 e. The van der Waals surface area contributed by atoms with Gasteiger partial charge in [0.2, 0.25) is 5.82 Å². The molecule has 27 heavy (non-hydrogen) atoms. The number of rotatable bonds is 3. The molecule has 0 aliphatic carbocycles. The first kappa shape index (κ1) is 16.6. The third-order valence-electron chi connectivity index (χ3n) is 4.13. The van der Waals surface area contributed by atoms with Gasteiger partial charge in [-0.15, -0.1) is 5.10 Å². The third-order valence-corrected chi connectivity index (χ3v) is 4.13. The molecule has 1 aromatic carbocycles. The molecule has 0 fully saturated rings. The second-order valence-electron chi connectivity index (χ2n) is 5.89. The van der Waals surface area contributed by atoms with Gasteiger partial charge in [0.05, 0.1) is 0 Å². The molecule has 9 heteroatoms. The molecule has 0 radical (unpaired) electrons. The Morgan fingerprint density at radius 3 is 2.37 bits per heavy atom. The van der Waals surface area contributed by atoms with Crippen molar-refractivity contribution in [3.63, 3.8) is 0 Å². The van der Waals surface area contributed by atoms with Crippen molar-refractivity contribution >= 4 is 6.29 Å². The molecule has 9 nitrogen and oxygen atoms in total. The van der Waals surface area contributed by atoms with Crippen molar-refractivity contribution in [3.8, 4) is 34.4 Å². The number of benzene rings is 1. The summed E-state index contributed by atoms with van der Waals surface area (Å²) in [5.74, 6) is 1.21. The fourth-order valence-electron chi connectivity index (χ4n) is 2.64. The Labute approximate surface area is 151 Å². The number of hydrogen-bond acceptors (Lipinski definition) is 7. The molecular formula is C18H13N5O4. The number of nitrogens with zero attached hydrogens (tertiary/aromatic N) is 5. The predicted molar refractivity (Wildman–Crippen MR) is 95.5 cm³/mol. The standard InChI is InChI=1S/C18H13N5O4/c1-22-17(25)14-16(20-18(22)26)23(2)21-15(19-14)13-8-7-12(27-13)11-5-3-10(9-24)4-6-11/h3-9H,1-2H3. The van der Waals surface area contributed by atoms with Gasteiger partial charge >= 0.3 is 5.69 Å². The van der Waals surface area contributed by atoms with E-state index < -0.39 is 11.2 Å². The van der Waals surface area contributed by atoms with Crippen LogP contribution in [0.25, 0.3) is 34.4 Å². The van der Waals surface area contributed by atoms with Crippen molar-refractivity contribution in [3.05, 3.63) is 62.8 Å². The zero-order valence-electron chi connectivity index (χ0n) is 14.4. The summed E-state index contributed by atoms with van der Waals surface area (Å²) in [5.41, 5.74) is 0.152. The minimum absolute atomic E-state index is 0.0258. The van der Waals surface area contributed by atoms with Gasteiger partial charge in [-0.1, -0.05) is 24.3 Å². The van der Waals surface area contributed by atoms with E-state index in [-0.39, 0.29) is 17.3 Å². The van der Waals surface area contributed by atoms with Gasteiger partial charge in [0.15, 0.2) is 17.3 Å². The van der Waals surface area contributed by atoms with Crippen molar-refractivity contribution < 1.29 is 9.21 Å². The van der Waals surface area contributed by atoms with E-state index in [0.29, 0.717) is 17.1 Å². The van der Waals surface area contributed by atoms with Gasteiger partial charge in [0, 0.05) is 25.2 Å². The number of furan rings is 1. The van der Waals surface area contributed by atoms with Crippen LogP contribution in [-0.4, -0.2) is 30.6 Å². The number of hydrogen-bond donors (Lipinski definition) is 0. The highest BCUT2D eigenvalue weighted by Crippen LogP contribution is 2.27. The molecule has 0 bridgehead atoms. The fourth-order valence-corrected chi connectivity index (χ4v) is 2.64. The zero-order valence-corrected chi connectivity index (χ0v) is 14.4. The topological polar surface area (TPSA) is 113 Å². The molecule has 1 aromatic heterocycles. The summed E-state index contributed by atoms with van der Waals surface area (Å²) in [7, 11) is 2.91. The van der Waals surface area contributed by atoms with Gasteiger partial charge in [-0.25, -0.2) is 14.5 Å². The Hall–Kier alpha value is -3.88. The van der Waals surface area contributed by atoms with Crippen LogP contribution in [0.15, 0.2) is 50.4 Å². The van der Waals surface area contributed by atoms with Gasteiger partial charge < -0.3 is 4.42 Å². The molecule has 2 aromatic rings. The summed E-state index contributed by atoms with van der Waals surface area (Å²) in [6.07, 6.45) is 0.766. The summed E-state index contributed by atoms with van der Waals surface area (Å²) in [4.78, 5) is 42.9. The van der Waals surface area contributed by atoms with Crippen molar-refractivity contribution in [2.75, 3.05) is 0 Å². The van der Waals surface area contributed by atoms with E-state index in [2.05, 4.69) is 15.1 Å². The quantitative estimate of drug-likeness (QED) is 0.501. The van der Waals surface area contributed by atoms with Crippen LogP contribution in [0.1, 0.15) is 10.4 Å². The molecule has 2 aliphatic rings. The first-order valence-corrected chi connectivity index (χ1v) is 7.96. The molecule has 134 valence electrons. The predicted octanol–water partition coefficient (Wildman–Crippen LogP) is 1.11. The maximum atomic E-state index is 12.3. The molecule has 2 aliphatic heterocycles. The molecule has 0 unspecified atom stereocenters. The number of carbonyl (C=O) groups is 1. The Balaban J connectivity index is 1.82. The SMILES string of the molecule is Cn1nc(-c2ccc(-c3ccc(C=O)cc3)o2)nc2c(=O)n(C)c(=O)nc1-2. The van der Waals surface area contributed by atoms with Gasteiger partial charge in [-0.05, 0) is 12.1 Å². The average Bonchev–Trinajstić information content (AvgIpc) is 3.17. The second kappa shape index (κ2) is 6.13. The minimum Gasteiger partial charge on any atom is -0.453 e. The van der Waals surface area contributed by atoms with E-state index >= 15 is 0 Å². The number of carbonyl (C=O) groups excluding carboxylic acids is 1. The van der Waals surface area contributed by atoms with Crippen molar-refractivity contribution in [2.24, 2.45) is 14.1 Å². The summed E-state index contributed by atoms with van der Waals surface area (Å²) < 4.78 is 8.02. The summed E-state index contributed by atoms with van der Waals surface area (Å²) in [6.45, 7) is 0. The molecule has 0 amide bonds. The van der Waals surface area contributed by atoms with E-state index in [1.54, 1.807) is 43.4 Å². The van der Waals surface area contributed by atoms with Crippen LogP contribution < -0.4 is 11.2 Å². The lowest BCUT2D eigenvalue weighted by Gasteiger charge is -2.10. The molecule has 4 rings (SSSR count). The fraction of sp³-hybridized carbons (Fsp3) is 0.111. The maximum Gasteiger partial charge on any atom is 0.352 e. The van der Waals surface area contributed by atoms with Gasteiger partial charge in [0.25, 0.3) is 5.56 Å². The zero-order chi connectivity index (χ0) is 19.1. The number of aryl methyl sites for hydroxylation is 1. The molecule has 0 N–H and O–H groups in total. The Kier molecular flexibility index (Phi) is 3.76. The maximum absolute atomic E-state index is 12.3. The van der Waals surface area contributed by atoms with E-state index in [1.807, 2.05) is 0 Å². The van der Waals surface area contributed by atoms with Gasteiger partial charge in [-0.2, -0.15) is 4.98 Å². The van der Waals surface area contributed by atoms with Crippen LogP contribution in [0.4, 0.5) is 0 Å². The Bertz CT molecular complexity index is 1250. The largest absolute Gasteiger partial charge is 0.453 e. The summed E-state index contributed by atoms with van der Waals surface area (Å²) >= 11 is 0. The molecule has 0 saturated heterocycles. The van der Waals surface area contributed by atoms with Crippen molar-refractivity contribution in [1.29, 1.82) is 0 Å². The monoisotopic (exact) mass is 363 g/mol. The highest BCUT2D eigenvalue weighted by atomic mass is 16.3. The Morgan fingerprint density at radius 1 is 0.963 bits per heavy atom. The number of aldehydes is 1. The van der Waals surface area contributed by atoms with Crippen LogP contribution in [0.2, 0.25) is 0 Å². The number of aromatic nitrogens is 5. The molecular weight excluding hydrogens is 350 g/mol. The van der Waals surface area contributed by atoms with E-state index in [0.717, 1.165) is 16.4 Å². The molecule has 0 saturated carbocycles.